The molecule has 0 spiro atoms. The molecular formula is C11H16N2OS. The van der Waals surface area contributed by atoms with E-state index >= 15 is 0 Å². The minimum absolute atomic E-state index is 0.0714. The first-order valence-electron chi connectivity index (χ1n) is 4.98. The smallest absolute Gasteiger partial charge is 0.122 e. The molecule has 0 bridgehead atoms. The lowest BCUT2D eigenvalue weighted by Crippen LogP contribution is -2.21. The van der Waals surface area contributed by atoms with Crippen LogP contribution in [0.15, 0.2) is 24.3 Å². The summed E-state index contributed by atoms with van der Waals surface area (Å²) in [5.74, 6) is 2.00. The highest BCUT2D eigenvalue weighted by molar-refractivity contribution is 8.14. The maximum absolute atomic E-state index is 6.01. The van der Waals surface area contributed by atoms with E-state index in [1.807, 2.05) is 18.2 Å². The normalized spacial score (nSPS) is 20.7. The molecule has 1 unspecified atom stereocenters. The van der Waals surface area contributed by atoms with Crippen molar-refractivity contribution in [2.45, 2.75) is 6.42 Å². The van der Waals surface area contributed by atoms with Crippen molar-refractivity contribution in [3.8, 4) is 5.75 Å². The molecule has 1 aromatic carbocycles. The minimum atomic E-state index is -0.0714. The SMILES string of the molecule is COc1ccccc1CC1=S(N)CCN1. The van der Waals surface area contributed by atoms with Crippen LogP contribution in [0.1, 0.15) is 5.56 Å². The molecule has 0 aromatic heterocycles. The summed E-state index contributed by atoms with van der Waals surface area (Å²) < 4.78 is 5.31. The molecule has 0 aliphatic carbocycles. The Hall–Kier alpha value is -0.840. The van der Waals surface area contributed by atoms with Crippen molar-refractivity contribution in [1.29, 1.82) is 0 Å². The zero-order valence-corrected chi connectivity index (χ0v) is 9.64. The Morgan fingerprint density at radius 3 is 2.93 bits per heavy atom. The number of nitrogens with one attached hydrogen (secondary N) is 1. The van der Waals surface area contributed by atoms with Crippen LogP contribution in [0.4, 0.5) is 0 Å². The number of nitrogens with two attached hydrogens (primary N) is 1. The van der Waals surface area contributed by atoms with Gasteiger partial charge in [-0.05, 0) is 6.07 Å². The van der Waals surface area contributed by atoms with E-state index < -0.39 is 0 Å². The van der Waals surface area contributed by atoms with E-state index in [1.54, 1.807) is 7.11 Å². The molecule has 82 valence electrons. The second-order valence-corrected chi connectivity index (χ2v) is 5.23. The van der Waals surface area contributed by atoms with Crippen LogP contribution in [-0.4, -0.2) is 24.4 Å². The molecule has 1 atom stereocenters. The molecule has 0 fully saturated rings. The van der Waals surface area contributed by atoms with E-state index in [1.165, 1.54) is 10.6 Å². The number of hydrogen-bond acceptors (Lipinski definition) is 3. The Labute approximate surface area is 92.7 Å². The van der Waals surface area contributed by atoms with Crippen molar-refractivity contribution >= 4 is 15.7 Å². The summed E-state index contributed by atoms with van der Waals surface area (Å²) in [4.78, 5) is 1.25. The number of methoxy groups -OCH3 is 1. The van der Waals surface area contributed by atoms with Gasteiger partial charge in [-0.3, -0.25) is 10.5 Å². The predicted octanol–water partition coefficient (Wildman–Crippen LogP) is 1.11. The third kappa shape index (κ3) is 2.40. The van der Waals surface area contributed by atoms with Crippen molar-refractivity contribution in [2.24, 2.45) is 5.14 Å². The second kappa shape index (κ2) is 4.79. The number of para-hydroxylation sites is 1. The molecule has 0 amide bonds. The molecule has 0 radical (unpaired) electrons. The summed E-state index contributed by atoms with van der Waals surface area (Å²) in [6.45, 7) is 1.00. The van der Waals surface area contributed by atoms with Gasteiger partial charge in [-0.1, -0.05) is 18.2 Å². The number of rotatable bonds is 3. The molecular weight excluding hydrogens is 208 g/mol. The molecule has 0 saturated carbocycles. The van der Waals surface area contributed by atoms with Gasteiger partial charge in [0.05, 0.1) is 7.11 Å². The van der Waals surface area contributed by atoms with Crippen LogP contribution in [0, 0.1) is 0 Å². The lowest BCUT2D eigenvalue weighted by Gasteiger charge is -2.09. The molecule has 1 heterocycles. The molecule has 1 aromatic rings. The van der Waals surface area contributed by atoms with Gasteiger partial charge >= 0.3 is 0 Å². The highest BCUT2D eigenvalue weighted by Gasteiger charge is 2.12. The van der Waals surface area contributed by atoms with E-state index in [4.69, 9.17) is 9.88 Å². The Morgan fingerprint density at radius 2 is 2.27 bits per heavy atom. The van der Waals surface area contributed by atoms with Gasteiger partial charge in [-0.2, -0.15) is 0 Å². The summed E-state index contributed by atoms with van der Waals surface area (Å²) in [6, 6.07) is 8.09. The summed E-state index contributed by atoms with van der Waals surface area (Å²) >= 11 is 0. The molecule has 2 rings (SSSR count). The number of benzene rings is 1. The quantitative estimate of drug-likeness (QED) is 0.756. The van der Waals surface area contributed by atoms with Crippen molar-refractivity contribution in [3.63, 3.8) is 0 Å². The molecule has 3 N–H and O–H groups in total. The molecule has 4 heteroatoms. The molecule has 1 aliphatic heterocycles. The maximum atomic E-state index is 6.01. The van der Waals surface area contributed by atoms with Crippen LogP contribution in [0.2, 0.25) is 0 Å². The van der Waals surface area contributed by atoms with Crippen LogP contribution in [0.5, 0.6) is 5.75 Å². The monoisotopic (exact) mass is 224 g/mol. The molecule has 15 heavy (non-hydrogen) atoms. The third-order valence-electron chi connectivity index (χ3n) is 2.50. The number of hydrogen-bond donors (Lipinski definition) is 2. The Morgan fingerprint density at radius 1 is 1.47 bits per heavy atom. The summed E-state index contributed by atoms with van der Waals surface area (Å²) in [5, 5.41) is 9.36. The van der Waals surface area contributed by atoms with E-state index in [9.17, 15) is 0 Å². The first-order chi connectivity index (χ1) is 7.31. The van der Waals surface area contributed by atoms with E-state index in [-0.39, 0.29) is 10.7 Å². The fraction of sp³-hybridized carbons (Fsp3) is 0.364. The van der Waals surface area contributed by atoms with Crippen LogP contribution in [0.3, 0.4) is 0 Å². The van der Waals surface area contributed by atoms with E-state index in [2.05, 4.69) is 11.4 Å². The largest absolute Gasteiger partial charge is 0.496 e. The lowest BCUT2D eigenvalue weighted by molar-refractivity contribution is 0.411. The Bertz CT molecular complexity index is 390. The van der Waals surface area contributed by atoms with Crippen molar-refractivity contribution in [1.82, 2.24) is 5.32 Å². The average Bonchev–Trinajstić information content (AvgIpc) is 2.65. The van der Waals surface area contributed by atoms with Gasteiger partial charge in [0, 0.05) is 29.3 Å². The van der Waals surface area contributed by atoms with Gasteiger partial charge in [-0.25, -0.2) is 0 Å². The lowest BCUT2D eigenvalue weighted by atomic mass is 10.1. The van der Waals surface area contributed by atoms with Crippen LogP contribution >= 0.6 is 10.7 Å². The van der Waals surface area contributed by atoms with Gasteiger partial charge in [0.15, 0.2) is 0 Å². The highest BCUT2D eigenvalue weighted by Crippen LogP contribution is 2.20. The Kier molecular flexibility index (Phi) is 3.41. The topological polar surface area (TPSA) is 47.3 Å². The first-order valence-corrected chi connectivity index (χ1v) is 6.44. The van der Waals surface area contributed by atoms with Crippen LogP contribution in [-0.2, 0) is 6.42 Å². The van der Waals surface area contributed by atoms with Crippen LogP contribution < -0.4 is 15.2 Å². The highest BCUT2D eigenvalue weighted by atomic mass is 32.2. The molecule has 1 aliphatic rings. The Balaban J connectivity index is 2.20. The van der Waals surface area contributed by atoms with Gasteiger partial charge in [0.2, 0.25) is 0 Å². The maximum Gasteiger partial charge on any atom is 0.122 e. The van der Waals surface area contributed by atoms with Gasteiger partial charge in [0.1, 0.15) is 5.75 Å². The van der Waals surface area contributed by atoms with E-state index in [0.29, 0.717) is 0 Å². The van der Waals surface area contributed by atoms with Crippen molar-refractivity contribution < 1.29 is 4.74 Å². The predicted molar refractivity (Wildman–Crippen MR) is 66.4 cm³/mol. The van der Waals surface area contributed by atoms with Crippen molar-refractivity contribution in [3.05, 3.63) is 29.8 Å². The number of ether oxygens (including phenoxy) is 1. The van der Waals surface area contributed by atoms with Crippen molar-refractivity contribution in [2.75, 3.05) is 19.4 Å². The van der Waals surface area contributed by atoms with Gasteiger partial charge in [-0.15, -0.1) is 10.7 Å². The van der Waals surface area contributed by atoms with Gasteiger partial charge in [0.25, 0.3) is 0 Å². The fourth-order valence-corrected chi connectivity index (χ4v) is 2.89. The van der Waals surface area contributed by atoms with Crippen LogP contribution in [0.25, 0.3) is 0 Å². The fourth-order valence-electron chi connectivity index (χ4n) is 1.69. The average molecular weight is 224 g/mol. The standard InChI is InChI=1S/C11H16N2OS/c1-14-10-5-3-2-4-9(10)8-11-13-6-7-15(11)12/h2-5,13H,6-8,12H2,1H3. The zero-order chi connectivity index (χ0) is 10.7. The minimum Gasteiger partial charge on any atom is -0.496 e. The van der Waals surface area contributed by atoms with Gasteiger partial charge < -0.3 is 4.74 Å². The zero-order valence-electron chi connectivity index (χ0n) is 8.82. The molecule has 3 nitrogen and oxygen atoms in total. The summed E-state index contributed by atoms with van der Waals surface area (Å²) in [6.07, 6.45) is 0.879. The second-order valence-electron chi connectivity index (χ2n) is 3.47. The first kappa shape index (κ1) is 10.7. The molecule has 0 saturated heterocycles. The third-order valence-corrected chi connectivity index (χ3v) is 4.07. The summed E-state index contributed by atoms with van der Waals surface area (Å²) in [7, 11) is 1.63. The van der Waals surface area contributed by atoms with E-state index in [0.717, 1.165) is 24.5 Å². The summed E-state index contributed by atoms with van der Waals surface area (Å²) in [5.41, 5.74) is 1.20.